The number of carbonyl (C=O) groups excluding carboxylic acids is 2. The van der Waals surface area contributed by atoms with E-state index in [4.69, 9.17) is 4.74 Å². The van der Waals surface area contributed by atoms with Gasteiger partial charge in [0.1, 0.15) is 16.8 Å². The number of fused-ring (bicyclic) bond motifs is 1. The van der Waals surface area contributed by atoms with E-state index >= 15 is 0 Å². The predicted molar refractivity (Wildman–Crippen MR) is 130 cm³/mol. The first-order chi connectivity index (χ1) is 16.5. The van der Waals surface area contributed by atoms with Gasteiger partial charge in [-0.2, -0.15) is 0 Å². The number of rotatable bonds is 5. The first-order valence-corrected chi connectivity index (χ1v) is 12.8. The lowest BCUT2D eigenvalue weighted by molar-refractivity contribution is -0.121. The SMILES string of the molecule is CC(C)(C)OC(=O)N1C(=O)[C@](CCS(=O)(=O)c2ccccc2)(c2ccc(F)cc2)c2ccccc21. The number of nitrogens with zero attached hydrogens (tertiary/aromatic N) is 1. The van der Waals surface area contributed by atoms with Gasteiger partial charge < -0.3 is 4.74 Å². The van der Waals surface area contributed by atoms with Crippen LogP contribution in [0.4, 0.5) is 14.9 Å². The molecule has 0 fully saturated rings. The zero-order chi connectivity index (χ0) is 25.4. The van der Waals surface area contributed by atoms with Crippen LogP contribution >= 0.6 is 0 Å². The van der Waals surface area contributed by atoms with Gasteiger partial charge in [-0.05, 0) is 68.7 Å². The Labute approximate surface area is 204 Å². The molecule has 0 bridgehead atoms. The topological polar surface area (TPSA) is 80.8 Å². The fourth-order valence-electron chi connectivity index (χ4n) is 4.37. The van der Waals surface area contributed by atoms with E-state index in [1.54, 1.807) is 63.2 Å². The summed E-state index contributed by atoms with van der Waals surface area (Å²) in [6.07, 6.45) is -1.00. The van der Waals surface area contributed by atoms with E-state index in [2.05, 4.69) is 0 Å². The maximum absolute atomic E-state index is 14.1. The summed E-state index contributed by atoms with van der Waals surface area (Å²) in [7, 11) is -3.76. The molecule has 1 aliphatic rings. The van der Waals surface area contributed by atoms with Crippen LogP contribution in [-0.4, -0.2) is 31.8 Å². The first-order valence-electron chi connectivity index (χ1n) is 11.2. The second-order valence-electron chi connectivity index (χ2n) is 9.43. The summed E-state index contributed by atoms with van der Waals surface area (Å²) in [6.45, 7) is 5.07. The summed E-state index contributed by atoms with van der Waals surface area (Å²) in [4.78, 5) is 28.3. The molecule has 35 heavy (non-hydrogen) atoms. The van der Waals surface area contributed by atoms with Gasteiger partial charge in [0, 0.05) is 0 Å². The number of halogens is 1. The zero-order valence-corrected chi connectivity index (χ0v) is 20.5. The molecule has 0 unspecified atom stereocenters. The third-order valence-corrected chi connectivity index (χ3v) is 7.67. The molecular formula is C27H26FNO5S. The quantitative estimate of drug-likeness (QED) is 0.483. The third kappa shape index (κ3) is 4.58. The Morgan fingerprint density at radius 2 is 1.54 bits per heavy atom. The summed E-state index contributed by atoms with van der Waals surface area (Å²) in [5.41, 5.74) is -1.21. The van der Waals surface area contributed by atoms with Gasteiger partial charge in [0.05, 0.1) is 16.3 Å². The molecule has 1 heterocycles. The van der Waals surface area contributed by atoms with Gasteiger partial charge in [0.25, 0.3) is 5.91 Å². The largest absolute Gasteiger partial charge is 0.443 e. The third-order valence-electron chi connectivity index (χ3n) is 5.93. The standard InChI is InChI=1S/C27H26FNO5S/c1-26(2,3)34-25(31)29-23-12-8-7-11-22(23)27(24(29)30,19-13-15-20(28)16-14-19)17-18-35(32,33)21-9-5-4-6-10-21/h4-16H,17-18H2,1-3H3/t27-/m1/s1. The van der Waals surface area contributed by atoms with Gasteiger partial charge in [0.2, 0.25) is 0 Å². The number of carbonyl (C=O) groups is 2. The van der Waals surface area contributed by atoms with Gasteiger partial charge in [-0.25, -0.2) is 22.5 Å². The number of para-hydroxylation sites is 1. The second kappa shape index (κ2) is 8.92. The van der Waals surface area contributed by atoms with Crippen molar-refractivity contribution in [2.45, 2.75) is 43.1 Å². The molecule has 0 N–H and O–H groups in total. The van der Waals surface area contributed by atoms with Gasteiger partial charge in [-0.1, -0.05) is 48.5 Å². The first kappa shape index (κ1) is 24.6. The van der Waals surface area contributed by atoms with Crippen molar-refractivity contribution in [1.82, 2.24) is 0 Å². The molecule has 3 aromatic rings. The van der Waals surface area contributed by atoms with Crippen LogP contribution < -0.4 is 4.90 Å². The molecule has 4 rings (SSSR count). The molecule has 0 radical (unpaired) electrons. The summed E-state index contributed by atoms with van der Waals surface area (Å²) in [5, 5.41) is 0. The Morgan fingerprint density at radius 1 is 0.943 bits per heavy atom. The molecule has 0 saturated heterocycles. The average molecular weight is 496 g/mol. The van der Waals surface area contributed by atoms with Gasteiger partial charge in [0.15, 0.2) is 9.84 Å². The molecule has 2 amide bonds. The minimum atomic E-state index is -3.76. The van der Waals surface area contributed by atoms with Crippen molar-refractivity contribution < 1.29 is 27.1 Å². The second-order valence-corrected chi connectivity index (χ2v) is 11.5. The highest BCUT2D eigenvalue weighted by Crippen LogP contribution is 2.49. The summed E-state index contributed by atoms with van der Waals surface area (Å²) in [5.74, 6) is -1.50. The number of hydrogen-bond donors (Lipinski definition) is 0. The van der Waals surface area contributed by atoms with Crippen molar-refractivity contribution in [1.29, 1.82) is 0 Å². The molecule has 8 heteroatoms. The van der Waals surface area contributed by atoms with Crippen LogP contribution in [0.3, 0.4) is 0 Å². The highest BCUT2D eigenvalue weighted by atomic mass is 32.2. The minimum Gasteiger partial charge on any atom is -0.443 e. The fourth-order valence-corrected chi connectivity index (χ4v) is 5.75. The van der Waals surface area contributed by atoms with Crippen LogP contribution in [0.15, 0.2) is 83.8 Å². The van der Waals surface area contributed by atoms with Crippen LogP contribution in [0, 0.1) is 5.82 Å². The Morgan fingerprint density at radius 3 is 2.17 bits per heavy atom. The molecule has 0 aliphatic carbocycles. The van der Waals surface area contributed by atoms with Crippen molar-refractivity contribution in [3.05, 3.63) is 95.8 Å². The maximum Gasteiger partial charge on any atom is 0.421 e. The number of ether oxygens (including phenoxy) is 1. The maximum atomic E-state index is 14.1. The molecule has 6 nitrogen and oxygen atoms in total. The van der Waals surface area contributed by atoms with E-state index in [-0.39, 0.29) is 17.1 Å². The number of sulfone groups is 1. The van der Waals surface area contributed by atoms with Crippen molar-refractivity contribution in [3.8, 4) is 0 Å². The number of imide groups is 1. The molecule has 0 saturated carbocycles. The van der Waals surface area contributed by atoms with Crippen molar-refractivity contribution in [2.75, 3.05) is 10.7 Å². The Bertz CT molecular complexity index is 1360. The minimum absolute atomic E-state index is 0.136. The zero-order valence-electron chi connectivity index (χ0n) is 19.7. The van der Waals surface area contributed by atoms with Crippen LogP contribution in [0.5, 0.6) is 0 Å². The Kier molecular flexibility index (Phi) is 6.27. The van der Waals surface area contributed by atoms with E-state index in [0.29, 0.717) is 16.8 Å². The van der Waals surface area contributed by atoms with E-state index in [1.807, 2.05) is 0 Å². The molecule has 182 valence electrons. The number of hydrogen-bond acceptors (Lipinski definition) is 5. The van der Waals surface area contributed by atoms with Gasteiger partial charge in [-0.3, -0.25) is 4.79 Å². The normalized spacial score (nSPS) is 17.8. The smallest absolute Gasteiger partial charge is 0.421 e. The Hall–Kier alpha value is -3.52. The van der Waals surface area contributed by atoms with Gasteiger partial charge in [-0.15, -0.1) is 0 Å². The van der Waals surface area contributed by atoms with Crippen molar-refractivity contribution in [2.24, 2.45) is 0 Å². The van der Waals surface area contributed by atoms with E-state index in [1.165, 1.54) is 36.4 Å². The lowest BCUT2D eigenvalue weighted by atomic mass is 9.73. The lowest BCUT2D eigenvalue weighted by Gasteiger charge is -2.30. The lowest BCUT2D eigenvalue weighted by Crippen LogP contribution is -2.46. The van der Waals surface area contributed by atoms with Crippen LogP contribution in [0.1, 0.15) is 38.3 Å². The fraction of sp³-hybridized carbons (Fsp3) is 0.259. The van der Waals surface area contributed by atoms with Crippen LogP contribution in [0.2, 0.25) is 0 Å². The summed E-state index contributed by atoms with van der Waals surface area (Å²) in [6, 6.07) is 20.0. The monoisotopic (exact) mass is 495 g/mol. The molecule has 0 spiro atoms. The number of benzene rings is 3. The molecular weight excluding hydrogens is 469 g/mol. The average Bonchev–Trinajstić information content (AvgIpc) is 3.06. The Balaban J connectivity index is 1.86. The number of amides is 2. The summed E-state index contributed by atoms with van der Waals surface area (Å²) < 4.78 is 45.6. The molecule has 3 aromatic carbocycles. The van der Waals surface area contributed by atoms with E-state index < -0.39 is 38.7 Å². The molecule has 0 aromatic heterocycles. The highest BCUT2D eigenvalue weighted by molar-refractivity contribution is 7.91. The van der Waals surface area contributed by atoms with E-state index in [0.717, 1.165) is 4.90 Å². The van der Waals surface area contributed by atoms with Crippen molar-refractivity contribution >= 4 is 27.5 Å². The van der Waals surface area contributed by atoms with Crippen LogP contribution in [0.25, 0.3) is 0 Å². The molecule has 1 atom stereocenters. The highest BCUT2D eigenvalue weighted by Gasteiger charge is 2.55. The van der Waals surface area contributed by atoms with Crippen LogP contribution in [-0.2, 0) is 24.8 Å². The predicted octanol–water partition coefficient (Wildman–Crippen LogP) is 5.26. The van der Waals surface area contributed by atoms with Crippen molar-refractivity contribution in [3.63, 3.8) is 0 Å². The summed E-state index contributed by atoms with van der Waals surface area (Å²) >= 11 is 0. The van der Waals surface area contributed by atoms with Gasteiger partial charge >= 0.3 is 6.09 Å². The number of anilines is 1. The van der Waals surface area contributed by atoms with E-state index in [9.17, 15) is 22.4 Å². The molecule has 1 aliphatic heterocycles.